The molecule has 1 aliphatic heterocycles. The third-order valence-corrected chi connectivity index (χ3v) is 4.14. The van der Waals surface area contributed by atoms with Gasteiger partial charge in [0.2, 0.25) is 0 Å². The fourth-order valence-corrected chi connectivity index (χ4v) is 3.03. The number of benzene rings is 1. The van der Waals surface area contributed by atoms with Crippen LogP contribution in [0.25, 0.3) is 11.3 Å². The Kier molecular flexibility index (Phi) is 4.15. The molecule has 0 aliphatic carbocycles. The Bertz CT molecular complexity index is 670. The predicted octanol–water partition coefficient (Wildman–Crippen LogP) is 2.65. The Labute approximate surface area is 129 Å². The summed E-state index contributed by atoms with van der Waals surface area (Å²) in [7, 11) is 2.13. The number of rotatable bonds is 3. The van der Waals surface area contributed by atoms with Gasteiger partial charge in [-0.15, -0.1) is 0 Å². The lowest BCUT2D eigenvalue weighted by Gasteiger charge is -2.30. The van der Waals surface area contributed by atoms with E-state index >= 15 is 0 Å². The van der Waals surface area contributed by atoms with Gasteiger partial charge in [0.05, 0.1) is 17.0 Å². The number of likely N-dealkylation sites (tertiary alicyclic amines) is 1. The molecule has 114 valence electrons. The maximum absolute atomic E-state index is 11.0. The van der Waals surface area contributed by atoms with Crippen LogP contribution >= 0.6 is 0 Å². The minimum atomic E-state index is -0.917. The molecule has 1 atom stereocenters. The van der Waals surface area contributed by atoms with Crippen molar-refractivity contribution in [3.05, 3.63) is 47.9 Å². The highest BCUT2D eigenvalue weighted by atomic mass is 16.4. The van der Waals surface area contributed by atoms with Crippen molar-refractivity contribution in [1.82, 2.24) is 14.9 Å². The number of aromatic carboxylic acids is 1. The van der Waals surface area contributed by atoms with Crippen LogP contribution in [0.15, 0.2) is 36.7 Å². The van der Waals surface area contributed by atoms with E-state index in [1.165, 1.54) is 0 Å². The summed E-state index contributed by atoms with van der Waals surface area (Å²) in [6.07, 6.45) is 5.70. The van der Waals surface area contributed by atoms with Gasteiger partial charge in [0, 0.05) is 30.4 Å². The molecule has 0 spiro atoms. The summed E-state index contributed by atoms with van der Waals surface area (Å²) in [5.74, 6) is -0.540. The van der Waals surface area contributed by atoms with Crippen LogP contribution < -0.4 is 0 Å². The van der Waals surface area contributed by atoms with E-state index in [-0.39, 0.29) is 5.56 Å². The van der Waals surface area contributed by atoms with Crippen molar-refractivity contribution >= 4 is 5.97 Å². The second-order valence-electron chi connectivity index (χ2n) is 5.77. The molecular formula is C17H19N3O2. The van der Waals surface area contributed by atoms with Crippen LogP contribution in [-0.2, 0) is 0 Å². The van der Waals surface area contributed by atoms with Crippen LogP contribution in [0.1, 0.15) is 34.8 Å². The zero-order valence-electron chi connectivity index (χ0n) is 12.6. The number of hydrogen-bond donors (Lipinski definition) is 1. The number of carboxylic acids is 1. The number of carboxylic acid groups (broad SMARTS) is 1. The number of carbonyl (C=O) groups is 1. The molecular weight excluding hydrogens is 278 g/mol. The molecule has 0 bridgehead atoms. The summed E-state index contributed by atoms with van der Waals surface area (Å²) in [6, 6.07) is 6.85. The van der Waals surface area contributed by atoms with Crippen LogP contribution in [-0.4, -0.2) is 46.1 Å². The largest absolute Gasteiger partial charge is 0.478 e. The van der Waals surface area contributed by atoms with Gasteiger partial charge in [-0.25, -0.2) is 4.79 Å². The summed E-state index contributed by atoms with van der Waals surface area (Å²) in [4.78, 5) is 22.3. The average Bonchev–Trinajstić information content (AvgIpc) is 2.55. The number of hydrogen-bond acceptors (Lipinski definition) is 4. The van der Waals surface area contributed by atoms with Crippen LogP contribution in [0.4, 0.5) is 0 Å². The zero-order valence-corrected chi connectivity index (χ0v) is 12.6. The summed E-state index contributed by atoms with van der Waals surface area (Å²) < 4.78 is 0. The molecule has 5 nitrogen and oxygen atoms in total. The summed E-state index contributed by atoms with van der Waals surface area (Å²) >= 11 is 0. The van der Waals surface area contributed by atoms with Crippen molar-refractivity contribution in [2.45, 2.75) is 18.8 Å². The Morgan fingerprint density at radius 3 is 2.64 bits per heavy atom. The van der Waals surface area contributed by atoms with Crippen LogP contribution in [0, 0.1) is 0 Å². The van der Waals surface area contributed by atoms with Gasteiger partial charge in [-0.3, -0.25) is 9.97 Å². The Hall–Kier alpha value is -2.27. The van der Waals surface area contributed by atoms with Crippen molar-refractivity contribution in [3.63, 3.8) is 0 Å². The van der Waals surface area contributed by atoms with Crippen LogP contribution in [0.2, 0.25) is 0 Å². The van der Waals surface area contributed by atoms with E-state index in [4.69, 9.17) is 5.11 Å². The third kappa shape index (κ3) is 2.99. The van der Waals surface area contributed by atoms with Gasteiger partial charge in [-0.2, -0.15) is 0 Å². The molecule has 1 N–H and O–H groups in total. The second-order valence-corrected chi connectivity index (χ2v) is 5.77. The summed E-state index contributed by atoms with van der Waals surface area (Å²) in [5.41, 5.74) is 3.07. The normalized spacial score (nSPS) is 19.0. The third-order valence-electron chi connectivity index (χ3n) is 4.14. The van der Waals surface area contributed by atoms with E-state index in [9.17, 15) is 4.79 Å². The number of piperidine rings is 1. The minimum absolute atomic E-state index is 0.284. The zero-order chi connectivity index (χ0) is 15.5. The summed E-state index contributed by atoms with van der Waals surface area (Å²) in [6.45, 7) is 2.11. The first kappa shape index (κ1) is 14.7. The lowest BCUT2D eigenvalue weighted by atomic mass is 9.91. The number of nitrogens with zero attached hydrogens (tertiary/aromatic N) is 3. The van der Waals surface area contributed by atoms with Crippen molar-refractivity contribution < 1.29 is 9.90 Å². The number of likely N-dealkylation sites (N-methyl/N-ethyl adjacent to an activating group) is 1. The van der Waals surface area contributed by atoms with Gasteiger partial charge < -0.3 is 10.0 Å². The molecule has 2 aromatic rings. The molecule has 1 unspecified atom stereocenters. The van der Waals surface area contributed by atoms with E-state index in [2.05, 4.69) is 21.9 Å². The first-order valence-electron chi connectivity index (χ1n) is 7.48. The number of aromatic nitrogens is 2. The van der Waals surface area contributed by atoms with Gasteiger partial charge >= 0.3 is 5.97 Å². The Balaban J connectivity index is 1.95. The van der Waals surface area contributed by atoms with E-state index < -0.39 is 5.97 Å². The van der Waals surface area contributed by atoms with Crippen molar-refractivity contribution in [2.75, 3.05) is 20.1 Å². The first-order valence-corrected chi connectivity index (χ1v) is 7.48. The monoisotopic (exact) mass is 297 g/mol. The highest BCUT2D eigenvalue weighted by Gasteiger charge is 2.23. The average molecular weight is 297 g/mol. The Morgan fingerprint density at radius 2 is 1.95 bits per heavy atom. The summed E-state index contributed by atoms with van der Waals surface area (Å²) in [5, 5.41) is 9.00. The van der Waals surface area contributed by atoms with Crippen LogP contribution in [0.3, 0.4) is 0 Å². The molecule has 2 heterocycles. The molecule has 1 aromatic carbocycles. The topological polar surface area (TPSA) is 66.3 Å². The van der Waals surface area contributed by atoms with Gasteiger partial charge in [-0.05, 0) is 38.6 Å². The standard InChI is InChI=1S/C17H19N3O2/c1-20-10-2-3-14(11-20)16-15(18-8-9-19-16)12-4-6-13(7-5-12)17(21)22/h4-9,14H,2-3,10-11H2,1H3,(H,21,22). The van der Waals surface area contributed by atoms with Gasteiger partial charge in [0.25, 0.3) is 0 Å². The lowest BCUT2D eigenvalue weighted by molar-refractivity contribution is 0.0697. The molecule has 1 aromatic heterocycles. The SMILES string of the molecule is CN1CCCC(c2nccnc2-c2ccc(C(=O)O)cc2)C1. The first-order chi connectivity index (χ1) is 10.6. The molecule has 22 heavy (non-hydrogen) atoms. The van der Waals surface area contributed by atoms with Crippen molar-refractivity contribution in [2.24, 2.45) is 0 Å². The maximum atomic E-state index is 11.0. The van der Waals surface area contributed by atoms with E-state index in [0.29, 0.717) is 5.92 Å². The molecule has 3 rings (SSSR count). The van der Waals surface area contributed by atoms with Gasteiger partial charge in [-0.1, -0.05) is 12.1 Å². The molecule has 5 heteroatoms. The highest BCUT2D eigenvalue weighted by molar-refractivity contribution is 5.88. The fourth-order valence-electron chi connectivity index (χ4n) is 3.03. The highest BCUT2D eigenvalue weighted by Crippen LogP contribution is 2.31. The van der Waals surface area contributed by atoms with Crippen molar-refractivity contribution in [1.29, 1.82) is 0 Å². The molecule has 0 saturated carbocycles. The molecule has 1 saturated heterocycles. The molecule has 1 aliphatic rings. The molecule has 1 fully saturated rings. The smallest absolute Gasteiger partial charge is 0.335 e. The van der Waals surface area contributed by atoms with E-state index in [0.717, 1.165) is 42.9 Å². The molecule has 0 amide bonds. The van der Waals surface area contributed by atoms with E-state index in [1.54, 1.807) is 24.5 Å². The molecule has 0 radical (unpaired) electrons. The Morgan fingerprint density at radius 1 is 1.23 bits per heavy atom. The maximum Gasteiger partial charge on any atom is 0.335 e. The fraction of sp³-hybridized carbons (Fsp3) is 0.353. The van der Waals surface area contributed by atoms with Gasteiger partial charge in [0.15, 0.2) is 0 Å². The minimum Gasteiger partial charge on any atom is -0.478 e. The van der Waals surface area contributed by atoms with E-state index in [1.807, 2.05) is 12.1 Å². The second kappa shape index (κ2) is 6.23. The van der Waals surface area contributed by atoms with Crippen LogP contribution in [0.5, 0.6) is 0 Å². The predicted molar refractivity (Wildman–Crippen MR) is 83.9 cm³/mol. The quantitative estimate of drug-likeness (QED) is 0.943. The van der Waals surface area contributed by atoms with Gasteiger partial charge in [0.1, 0.15) is 0 Å². The van der Waals surface area contributed by atoms with Crippen molar-refractivity contribution in [3.8, 4) is 11.3 Å². The lowest BCUT2D eigenvalue weighted by Crippen LogP contribution is -2.31.